The molecule has 2 aromatic heterocycles. The summed E-state index contributed by atoms with van der Waals surface area (Å²) in [5.74, 6) is -0.118. The molecule has 0 aromatic carbocycles. The molecule has 104 valence electrons. The number of nitrogens with zero attached hydrogens (tertiary/aromatic N) is 3. The van der Waals surface area contributed by atoms with Crippen LogP contribution >= 0.6 is 0 Å². The molecule has 2 aromatic rings. The molecule has 20 heavy (non-hydrogen) atoms. The summed E-state index contributed by atoms with van der Waals surface area (Å²) in [6.07, 6.45) is 5.74. The summed E-state index contributed by atoms with van der Waals surface area (Å²) in [6, 6.07) is 5.25. The number of rotatable bonds is 3. The molecular weight excluding hydrogens is 256 g/mol. The van der Waals surface area contributed by atoms with Gasteiger partial charge in [0.25, 0.3) is 5.91 Å². The van der Waals surface area contributed by atoms with Gasteiger partial charge in [-0.15, -0.1) is 0 Å². The molecule has 2 atom stereocenters. The van der Waals surface area contributed by atoms with Crippen LogP contribution in [0.5, 0.6) is 0 Å². The van der Waals surface area contributed by atoms with Crippen LogP contribution in [-0.2, 0) is 6.42 Å². The predicted octanol–water partition coefficient (Wildman–Crippen LogP) is 0.623. The minimum Gasteiger partial charge on any atom is -0.391 e. The number of aromatic amines is 1. The van der Waals surface area contributed by atoms with Crippen molar-refractivity contribution in [1.29, 1.82) is 0 Å². The van der Waals surface area contributed by atoms with Crippen LogP contribution in [-0.4, -0.2) is 49.8 Å². The highest BCUT2D eigenvalue weighted by Crippen LogP contribution is 2.23. The molecule has 3 heterocycles. The number of aliphatic hydroxyl groups excluding tert-OH is 1. The van der Waals surface area contributed by atoms with Gasteiger partial charge in [0.1, 0.15) is 5.69 Å². The van der Waals surface area contributed by atoms with Crippen molar-refractivity contribution in [3.8, 4) is 0 Å². The van der Waals surface area contributed by atoms with Crippen molar-refractivity contribution < 1.29 is 9.90 Å². The lowest BCUT2D eigenvalue weighted by Crippen LogP contribution is -2.41. The molecule has 6 heteroatoms. The first kappa shape index (κ1) is 12.8. The molecule has 1 aliphatic heterocycles. The number of aromatic nitrogens is 3. The van der Waals surface area contributed by atoms with Crippen LogP contribution in [0.25, 0.3) is 0 Å². The standard InChI is InChI=1S/C14H16N4O2/c19-13-4-7-18(14(20)11-3-6-16-17-11)12(13)8-10-2-1-5-15-9-10/h1-3,5-6,9,12-13,19H,4,7-8H2,(H,16,17)/t12-,13-/m0/s1. The van der Waals surface area contributed by atoms with Gasteiger partial charge in [-0.1, -0.05) is 6.07 Å². The fourth-order valence-corrected chi connectivity index (χ4v) is 2.63. The number of aliphatic hydroxyl groups is 1. The number of hydrogen-bond donors (Lipinski definition) is 2. The van der Waals surface area contributed by atoms with E-state index in [1.165, 1.54) is 0 Å². The van der Waals surface area contributed by atoms with E-state index in [2.05, 4.69) is 15.2 Å². The average Bonchev–Trinajstić information content (AvgIpc) is 3.11. The number of carbonyl (C=O) groups excluding carboxylic acids is 1. The molecule has 0 unspecified atom stereocenters. The van der Waals surface area contributed by atoms with Gasteiger partial charge in [-0.2, -0.15) is 5.10 Å². The quantitative estimate of drug-likeness (QED) is 0.858. The fourth-order valence-electron chi connectivity index (χ4n) is 2.63. The minimum atomic E-state index is -0.498. The largest absolute Gasteiger partial charge is 0.391 e. The Labute approximate surface area is 116 Å². The Bertz CT molecular complexity index is 570. The van der Waals surface area contributed by atoms with Crippen molar-refractivity contribution in [3.05, 3.63) is 48.0 Å². The highest BCUT2D eigenvalue weighted by molar-refractivity contribution is 5.92. The fraction of sp³-hybridized carbons (Fsp3) is 0.357. The summed E-state index contributed by atoms with van der Waals surface area (Å²) in [6.45, 7) is 0.559. The lowest BCUT2D eigenvalue weighted by atomic mass is 10.0. The van der Waals surface area contributed by atoms with E-state index in [-0.39, 0.29) is 11.9 Å². The molecule has 1 fully saturated rings. The predicted molar refractivity (Wildman–Crippen MR) is 72.0 cm³/mol. The van der Waals surface area contributed by atoms with Crippen molar-refractivity contribution in [2.24, 2.45) is 0 Å². The topological polar surface area (TPSA) is 82.1 Å². The van der Waals surface area contributed by atoms with E-state index >= 15 is 0 Å². The molecule has 3 rings (SSSR count). The Balaban J connectivity index is 1.78. The number of likely N-dealkylation sites (tertiary alicyclic amines) is 1. The number of hydrogen-bond acceptors (Lipinski definition) is 4. The third-order valence-electron chi connectivity index (χ3n) is 3.67. The zero-order valence-electron chi connectivity index (χ0n) is 10.9. The van der Waals surface area contributed by atoms with Crippen molar-refractivity contribution in [3.63, 3.8) is 0 Å². The summed E-state index contributed by atoms with van der Waals surface area (Å²) in [4.78, 5) is 18.2. The third kappa shape index (κ3) is 2.42. The van der Waals surface area contributed by atoms with Gasteiger partial charge >= 0.3 is 0 Å². The molecule has 0 aliphatic carbocycles. The number of carbonyl (C=O) groups is 1. The maximum atomic E-state index is 12.4. The Morgan fingerprint density at radius 1 is 1.45 bits per heavy atom. The first-order valence-corrected chi connectivity index (χ1v) is 6.63. The summed E-state index contributed by atoms with van der Waals surface area (Å²) < 4.78 is 0. The SMILES string of the molecule is O=C(c1ccn[nH]1)N1CC[C@H](O)[C@@H]1Cc1cccnc1. The molecule has 0 saturated carbocycles. The van der Waals surface area contributed by atoms with Gasteiger partial charge in [0.05, 0.1) is 12.1 Å². The number of pyridine rings is 1. The van der Waals surface area contributed by atoms with Crippen molar-refractivity contribution in [2.45, 2.75) is 25.0 Å². The molecule has 6 nitrogen and oxygen atoms in total. The lowest BCUT2D eigenvalue weighted by Gasteiger charge is -2.25. The van der Waals surface area contributed by atoms with E-state index in [1.54, 1.807) is 29.6 Å². The molecule has 0 radical (unpaired) electrons. The normalized spacial score (nSPS) is 22.1. The van der Waals surface area contributed by atoms with Crippen LogP contribution in [0.4, 0.5) is 0 Å². The molecule has 1 amide bonds. The molecular formula is C14H16N4O2. The van der Waals surface area contributed by atoms with E-state index in [0.29, 0.717) is 25.1 Å². The van der Waals surface area contributed by atoms with Gasteiger partial charge < -0.3 is 10.0 Å². The lowest BCUT2D eigenvalue weighted by molar-refractivity contribution is 0.0634. The van der Waals surface area contributed by atoms with Crippen LogP contribution in [0.3, 0.4) is 0 Å². The summed E-state index contributed by atoms with van der Waals surface area (Å²) in [5, 5.41) is 16.6. The zero-order valence-corrected chi connectivity index (χ0v) is 10.9. The Morgan fingerprint density at radius 3 is 3.05 bits per heavy atom. The molecule has 0 spiro atoms. The maximum Gasteiger partial charge on any atom is 0.272 e. The van der Waals surface area contributed by atoms with Crippen molar-refractivity contribution in [1.82, 2.24) is 20.1 Å². The van der Waals surface area contributed by atoms with E-state index in [4.69, 9.17) is 0 Å². The van der Waals surface area contributed by atoms with Gasteiger partial charge in [-0.3, -0.25) is 14.9 Å². The zero-order chi connectivity index (χ0) is 13.9. The number of amides is 1. The van der Waals surface area contributed by atoms with Gasteiger partial charge in [-0.25, -0.2) is 0 Å². The van der Waals surface area contributed by atoms with Crippen LogP contribution in [0.1, 0.15) is 22.5 Å². The first-order chi connectivity index (χ1) is 9.75. The van der Waals surface area contributed by atoms with Crippen LogP contribution in [0.15, 0.2) is 36.8 Å². The van der Waals surface area contributed by atoms with E-state index < -0.39 is 6.10 Å². The van der Waals surface area contributed by atoms with Crippen LogP contribution < -0.4 is 0 Å². The second-order valence-electron chi connectivity index (χ2n) is 4.96. The Kier molecular flexibility index (Phi) is 3.47. The first-order valence-electron chi connectivity index (χ1n) is 6.63. The Morgan fingerprint density at radius 2 is 2.35 bits per heavy atom. The van der Waals surface area contributed by atoms with Gasteiger partial charge in [0.2, 0.25) is 0 Å². The van der Waals surface area contributed by atoms with Gasteiger partial charge in [0, 0.05) is 25.1 Å². The minimum absolute atomic E-state index is 0.118. The molecule has 0 bridgehead atoms. The third-order valence-corrected chi connectivity index (χ3v) is 3.67. The van der Waals surface area contributed by atoms with E-state index in [9.17, 15) is 9.90 Å². The molecule has 1 saturated heterocycles. The van der Waals surface area contributed by atoms with Crippen molar-refractivity contribution >= 4 is 5.91 Å². The maximum absolute atomic E-state index is 12.4. The Hall–Kier alpha value is -2.21. The molecule has 2 N–H and O–H groups in total. The second kappa shape index (κ2) is 5.42. The van der Waals surface area contributed by atoms with Crippen LogP contribution in [0.2, 0.25) is 0 Å². The highest BCUT2D eigenvalue weighted by atomic mass is 16.3. The monoisotopic (exact) mass is 272 g/mol. The van der Waals surface area contributed by atoms with Crippen molar-refractivity contribution in [2.75, 3.05) is 6.54 Å². The van der Waals surface area contributed by atoms with E-state index in [1.807, 2.05) is 12.1 Å². The highest BCUT2D eigenvalue weighted by Gasteiger charge is 2.36. The summed E-state index contributed by atoms with van der Waals surface area (Å²) in [5.41, 5.74) is 1.47. The van der Waals surface area contributed by atoms with Gasteiger partial charge in [-0.05, 0) is 30.5 Å². The summed E-state index contributed by atoms with van der Waals surface area (Å²) in [7, 11) is 0. The average molecular weight is 272 g/mol. The number of H-pyrrole nitrogens is 1. The number of nitrogens with one attached hydrogen (secondary N) is 1. The smallest absolute Gasteiger partial charge is 0.272 e. The molecule has 1 aliphatic rings. The van der Waals surface area contributed by atoms with Crippen LogP contribution in [0, 0.1) is 0 Å². The van der Waals surface area contributed by atoms with E-state index in [0.717, 1.165) is 5.56 Å². The van der Waals surface area contributed by atoms with Gasteiger partial charge in [0.15, 0.2) is 0 Å². The second-order valence-corrected chi connectivity index (χ2v) is 4.96. The summed E-state index contributed by atoms with van der Waals surface area (Å²) >= 11 is 0.